The van der Waals surface area contributed by atoms with Gasteiger partial charge in [0.1, 0.15) is 12.4 Å². The molecule has 100 valence electrons. The first-order valence-electron chi connectivity index (χ1n) is 6.48. The largest absolute Gasteiger partial charge is 0.491 e. The van der Waals surface area contributed by atoms with Gasteiger partial charge in [0, 0.05) is 31.6 Å². The molecular formula is C14H21NO3. The van der Waals surface area contributed by atoms with E-state index in [0.29, 0.717) is 19.1 Å². The molecule has 0 spiro atoms. The Morgan fingerprint density at radius 1 is 1.22 bits per heavy atom. The quantitative estimate of drug-likeness (QED) is 0.621. The van der Waals surface area contributed by atoms with Gasteiger partial charge < -0.3 is 19.9 Å². The highest BCUT2D eigenvalue weighted by Crippen LogP contribution is 2.15. The van der Waals surface area contributed by atoms with Crippen LogP contribution in [0.5, 0.6) is 5.75 Å². The fourth-order valence-corrected chi connectivity index (χ4v) is 1.99. The van der Waals surface area contributed by atoms with Gasteiger partial charge in [-0.25, -0.2) is 0 Å². The summed E-state index contributed by atoms with van der Waals surface area (Å²) in [5, 5.41) is 0. The van der Waals surface area contributed by atoms with Gasteiger partial charge in [-0.15, -0.1) is 0 Å². The first-order valence-corrected chi connectivity index (χ1v) is 6.48. The van der Waals surface area contributed by atoms with Crippen LogP contribution in [0.2, 0.25) is 0 Å². The van der Waals surface area contributed by atoms with Crippen LogP contribution in [0.25, 0.3) is 0 Å². The van der Waals surface area contributed by atoms with Gasteiger partial charge in [0.25, 0.3) is 0 Å². The lowest BCUT2D eigenvalue weighted by Crippen LogP contribution is -2.21. The summed E-state index contributed by atoms with van der Waals surface area (Å²) >= 11 is 0. The Balaban J connectivity index is 1.55. The molecule has 0 atom stereocenters. The number of rotatable bonds is 6. The Labute approximate surface area is 108 Å². The molecule has 0 aromatic heterocycles. The smallest absolute Gasteiger partial charge is 0.121 e. The molecule has 0 aliphatic carbocycles. The van der Waals surface area contributed by atoms with Gasteiger partial charge in [0.15, 0.2) is 0 Å². The van der Waals surface area contributed by atoms with E-state index < -0.39 is 0 Å². The molecule has 0 bridgehead atoms. The van der Waals surface area contributed by atoms with E-state index >= 15 is 0 Å². The van der Waals surface area contributed by atoms with Crippen molar-refractivity contribution in [3.63, 3.8) is 0 Å². The lowest BCUT2D eigenvalue weighted by atomic mass is 10.0. The van der Waals surface area contributed by atoms with Crippen molar-refractivity contribution in [2.45, 2.75) is 12.8 Å². The summed E-state index contributed by atoms with van der Waals surface area (Å²) in [4.78, 5) is 0. The van der Waals surface area contributed by atoms with Crippen LogP contribution in [0.1, 0.15) is 12.8 Å². The molecule has 0 amide bonds. The second-order valence-corrected chi connectivity index (χ2v) is 4.55. The lowest BCUT2D eigenvalue weighted by Gasteiger charge is -2.21. The van der Waals surface area contributed by atoms with Crippen molar-refractivity contribution in [1.29, 1.82) is 0 Å². The number of anilines is 1. The third kappa shape index (κ3) is 4.55. The van der Waals surface area contributed by atoms with Crippen molar-refractivity contribution in [3.8, 4) is 5.75 Å². The summed E-state index contributed by atoms with van der Waals surface area (Å²) in [7, 11) is 0. The standard InChI is InChI=1S/C14H21NO3/c15-13-2-1-3-14(10-13)18-9-8-17-11-12-4-6-16-7-5-12/h1-3,10,12H,4-9,11,15H2. The predicted octanol–water partition coefficient (Wildman–Crippen LogP) is 2.09. The van der Waals surface area contributed by atoms with Crippen LogP contribution in [0.15, 0.2) is 24.3 Å². The number of hydrogen-bond donors (Lipinski definition) is 1. The Bertz CT molecular complexity index is 351. The number of hydrogen-bond acceptors (Lipinski definition) is 4. The molecular weight excluding hydrogens is 230 g/mol. The molecule has 2 N–H and O–H groups in total. The molecule has 2 rings (SSSR count). The van der Waals surface area contributed by atoms with E-state index in [2.05, 4.69) is 0 Å². The highest BCUT2D eigenvalue weighted by atomic mass is 16.5. The second kappa shape index (κ2) is 7.24. The Kier molecular flexibility index (Phi) is 5.30. The van der Waals surface area contributed by atoms with Crippen molar-refractivity contribution in [2.24, 2.45) is 5.92 Å². The summed E-state index contributed by atoms with van der Waals surface area (Å²) in [6, 6.07) is 7.44. The van der Waals surface area contributed by atoms with Gasteiger partial charge in [-0.2, -0.15) is 0 Å². The molecule has 4 nitrogen and oxygen atoms in total. The average molecular weight is 251 g/mol. The molecule has 1 heterocycles. The SMILES string of the molecule is Nc1cccc(OCCOCC2CCOCC2)c1. The van der Waals surface area contributed by atoms with E-state index in [1.807, 2.05) is 24.3 Å². The maximum atomic E-state index is 5.66. The summed E-state index contributed by atoms with van der Waals surface area (Å²) in [5.41, 5.74) is 6.38. The molecule has 0 unspecified atom stereocenters. The highest BCUT2D eigenvalue weighted by molar-refractivity contribution is 5.43. The molecule has 1 saturated heterocycles. The number of ether oxygens (including phenoxy) is 3. The lowest BCUT2D eigenvalue weighted by molar-refractivity contribution is 0.0139. The zero-order valence-electron chi connectivity index (χ0n) is 10.6. The molecule has 1 aromatic carbocycles. The van der Waals surface area contributed by atoms with Gasteiger partial charge in [-0.1, -0.05) is 6.07 Å². The molecule has 0 saturated carbocycles. The van der Waals surface area contributed by atoms with Crippen molar-refractivity contribution in [1.82, 2.24) is 0 Å². The predicted molar refractivity (Wildman–Crippen MR) is 70.7 cm³/mol. The van der Waals surface area contributed by atoms with Crippen molar-refractivity contribution >= 4 is 5.69 Å². The van der Waals surface area contributed by atoms with Gasteiger partial charge in [-0.05, 0) is 30.9 Å². The van der Waals surface area contributed by atoms with Gasteiger partial charge in [0.05, 0.1) is 6.61 Å². The first-order chi connectivity index (χ1) is 8.84. The Morgan fingerprint density at radius 2 is 2.06 bits per heavy atom. The van der Waals surface area contributed by atoms with Gasteiger partial charge >= 0.3 is 0 Å². The maximum absolute atomic E-state index is 5.66. The minimum atomic E-state index is 0.562. The monoisotopic (exact) mass is 251 g/mol. The molecule has 0 radical (unpaired) electrons. The molecule has 1 aliphatic rings. The van der Waals surface area contributed by atoms with Crippen LogP contribution in [0.4, 0.5) is 5.69 Å². The highest BCUT2D eigenvalue weighted by Gasteiger charge is 2.13. The van der Waals surface area contributed by atoms with Crippen molar-refractivity contribution < 1.29 is 14.2 Å². The minimum absolute atomic E-state index is 0.562. The first kappa shape index (κ1) is 13.2. The molecule has 1 aliphatic heterocycles. The van der Waals surface area contributed by atoms with Gasteiger partial charge in [-0.3, -0.25) is 0 Å². The van der Waals surface area contributed by atoms with E-state index in [1.165, 1.54) is 0 Å². The van der Waals surface area contributed by atoms with Crippen LogP contribution >= 0.6 is 0 Å². The zero-order valence-corrected chi connectivity index (χ0v) is 10.6. The van der Waals surface area contributed by atoms with Crippen LogP contribution in [0.3, 0.4) is 0 Å². The van der Waals surface area contributed by atoms with E-state index in [4.69, 9.17) is 19.9 Å². The van der Waals surface area contributed by atoms with Crippen LogP contribution in [0, 0.1) is 5.92 Å². The van der Waals surface area contributed by atoms with Gasteiger partial charge in [0.2, 0.25) is 0 Å². The second-order valence-electron chi connectivity index (χ2n) is 4.55. The molecule has 1 aromatic rings. The fourth-order valence-electron chi connectivity index (χ4n) is 1.99. The number of nitrogen functional groups attached to an aromatic ring is 1. The molecule has 4 heteroatoms. The van der Waals surface area contributed by atoms with E-state index in [-0.39, 0.29) is 0 Å². The zero-order chi connectivity index (χ0) is 12.6. The third-order valence-corrected chi connectivity index (χ3v) is 3.05. The van der Waals surface area contributed by atoms with E-state index in [0.717, 1.165) is 44.1 Å². The van der Waals surface area contributed by atoms with Crippen molar-refractivity contribution in [2.75, 3.05) is 38.8 Å². The normalized spacial score (nSPS) is 16.7. The Hall–Kier alpha value is -1.26. The van der Waals surface area contributed by atoms with E-state index in [1.54, 1.807) is 0 Å². The maximum Gasteiger partial charge on any atom is 0.121 e. The summed E-state index contributed by atoms with van der Waals surface area (Å²) in [5.74, 6) is 1.44. The average Bonchev–Trinajstić information content (AvgIpc) is 2.40. The summed E-state index contributed by atoms with van der Waals surface area (Å²) in [6.07, 6.45) is 2.21. The van der Waals surface area contributed by atoms with Crippen LogP contribution < -0.4 is 10.5 Å². The van der Waals surface area contributed by atoms with Crippen LogP contribution in [-0.2, 0) is 9.47 Å². The summed E-state index contributed by atoms with van der Waals surface area (Å²) in [6.45, 7) is 3.73. The Morgan fingerprint density at radius 3 is 2.83 bits per heavy atom. The molecule has 18 heavy (non-hydrogen) atoms. The number of nitrogens with two attached hydrogens (primary N) is 1. The molecule has 1 fully saturated rings. The van der Waals surface area contributed by atoms with Crippen LogP contribution in [-0.4, -0.2) is 33.0 Å². The summed E-state index contributed by atoms with van der Waals surface area (Å²) < 4.78 is 16.5. The third-order valence-electron chi connectivity index (χ3n) is 3.05. The van der Waals surface area contributed by atoms with Crippen molar-refractivity contribution in [3.05, 3.63) is 24.3 Å². The fraction of sp³-hybridized carbons (Fsp3) is 0.571. The minimum Gasteiger partial charge on any atom is -0.491 e. The number of benzene rings is 1. The van der Waals surface area contributed by atoms with E-state index in [9.17, 15) is 0 Å². The topological polar surface area (TPSA) is 53.7 Å².